The van der Waals surface area contributed by atoms with E-state index in [0.29, 0.717) is 11.3 Å². The van der Waals surface area contributed by atoms with Gasteiger partial charge in [-0.15, -0.1) is 0 Å². The Morgan fingerprint density at radius 2 is 1.35 bits per heavy atom. The van der Waals surface area contributed by atoms with E-state index in [1.807, 2.05) is 0 Å². The highest BCUT2D eigenvalue weighted by Gasteiger charge is 2.43. The van der Waals surface area contributed by atoms with Crippen molar-refractivity contribution in [2.24, 2.45) is 0 Å². The Morgan fingerprint density at radius 1 is 0.913 bits per heavy atom. The van der Waals surface area contributed by atoms with Crippen LogP contribution in [0.5, 0.6) is 0 Å². The Labute approximate surface area is 133 Å². The highest BCUT2D eigenvalue weighted by atomic mass is 19.1. The second-order valence-electron chi connectivity index (χ2n) is 4.87. The van der Waals surface area contributed by atoms with Gasteiger partial charge in [0.2, 0.25) is 0 Å². The molecule has 0 aliphatic heterocycles. The number of rotatable bonds is 5. The number of anilines is 1. The Morgan fingerprint density at radius 3 is 1.78 bits per heavy atom. The van der Waals surface area contributed by atoms with Crippen molar-refractivity contribution in [2.75, 3.05) is 26.2 Å². The molecule has 0 unspecified atom stereocenters. The molecule has 2 aromatic carbocycles. The van der Waals surface area contributed by atoms with Crippen LogP contribution >= 0.6 is 0 Å². The lowest BCUT2D eigenvalue weighted by Crippen LogP contribution is -2.48. The van der Waals surface area contributed by atoms with Crippen molar-refractivity contribution in [1.82, 2.24) is 0 Å². The van der Waals surface area contributed by atoms with Crippen LogP contribution in [0.4, 0.5) is 14.5 Å². The van der Waals surface area contributed by atoms with Gasteiger partial charge in [0.15, 0.2) is 0 Å². The summed E-state index contributed by atoms with van der Waals surface area (Å²) in [5, 5.41) is 0. The summed E-state index contributed by atoms with van der Waals surface area (Å²) >= 11 is 0. The lowest BCUT2D eigenvalue weighted by atomic mass is 10.0. The molecule has 0 saturated carbocycles. The molecule has 0 bridgehead atoms. The molecule has 4 nitrogen and oxygen atoms in total. The largest absolute Gasteiger partial charge is 0.342 e. The molecular weight excluding hydrogens is 304 g/mol. The van der Waals surface area contributed by atoms with Crippen molar-refractivity contribution >= 4 is 11.6 Å². The molecule has 0 aliphatic carbocycles. The van der Waals surface area contributed by atoms with E-state index in [4.69, 9.17) is 9.47 Å². The molecule has 0 saturated heterocycles. The van der Waals surface area contributed by atoms with Crippen LogP contribution in [0.2, 0.25) is 0 Å². The topological polar surface area (TPSA) is 38.8 Å². The van der Waals surface area contributed by atoms with Gasteiger partial charge in [0.1, 0.15) is 11.6 Å². The summed E-state index contributed by atoms with van der Waals surface area (Å²) in [4.78, 5) is 14.2. The SMILES string of the molecule is COC(OC)(C(=O)N(C)c1ccc(F)cc1)c1ccc(F)cc1. The third-order valence-corrected chi connectivity index (χ3v) is 3.60. The first-order valence-corrected chi connectivity index (χ1v) is 6.84. The Bertz CT molecular complexity index is 667. The predicted octanol–water partition coefficient (Wildman–Crippen LogP) is 3.07. The lowest BCUT2D eigenvalue weighted by molar-refractivity contribution is -0.212. The smallest absolute Gasteiger partial charge is 0.292 e. The van der Waals surface area contributed by atoms with E-state index in [2.05, 4.69) is 0 Å². The fraction of sp³-hybridized carbons (Fsp3) is 0.235. The highest BCUT2D eigenvalue weighted by molar-refractivity contribution is 5.98. The molecule has 0 aromatic heterocycles. The lowest BCUT2D eigenvalue weighted by Gasteiger charge is -2.33. The maximum atomic E-state index is 13.1. The van der Waals surface area contributed by atoms with Crippen LogP contribution in [0.15, 0.2) is 48.5 Å². The number of methoxy groups -OCH3 is 2. The normalized spacial score (nSPS) is 11.3. The fourth-order valence-corrected chi connectivity index (χ4v) is 2.29. The van der Waals surface area contributed by atoms with Crippen LogP contribution in [0.1, 0.15) is 5.56 Å². The first-order chi connectivity index (χ1) is 10.9. The number of benzene rings is 2. The van der Waals surface area contributed by atoms with Crippen molar-refractivity contribution in [1.29, 1.82) is 0 Å². The molecule has 0 radical (unpaired) electrons. The van der Waals surface area contributed by atoms with Crippen molar-refractivity contribution < 1.29 is 23.0 Å². The predicted molar refractivity (Wildman–Crippen MR) is 81.9 cm³/mol. The zero-order valence-electron chi connectivity index (χ0n) is 13.0. The van der Waals surface area contributed by atoms with Crippen LogP contribution in [-0.2, 0) is 20.1 Å². The molecule has 2 aromatic rings. The minimum atomic E-state index is -1.73. The summed E-state index contributed by atoms with van der Waals surface area (Å²) in [6, 6.07) is 10.7. The van der Waals surface area contributed by atoms with Gasteiger partial charge in [0, 0.05) is 32.5 Å². The first kappa shape index (κ1) is 17.1. The average molecular weight is 321 g/mol. The molecule has 23 heavy (non-hydrogen) atoms. The summed E-state index contributed by atoms with van der Waals surface area (Å²) in [5.41, 5.74) is 0.819. The minimum Gasteiger partial charge on any atom is -0.342 e. The second-order valence-corrected chi connectivity index (χ2v) is 4.87. The molecule has 0 spiro atoms. The van der Waals surface area contributed by atoms with Crippen LogP contribution in [0.25, 0.3) is 0 Å². The number of halogens is 2. The number of nitrogens with zero attached hydrogens (tertiary/aromatic N) is 1. The average Bonchev–Trinajstić information content (AvgIpc) is 2.58. The van der Waals surface area contributed by atoms with E-state index >= 15 is 0 Å². The molecule has 0 N–H and O–H groups in total. The number of amides is 1. The molecule has 1 amide bonds. The summed E-state index contributed by atoms with van der Waals surface area (Å²) < 4.78 is 36.8. The number of carbonyl (C=O) groups excluding carboxylic acids is 1. The van der Waals surface area contributed by atoms with E-state index in [9.17, 15) is 13.6 Å². The molecule has 6 heteroatoms. The summed E-state index contributed by atoms with van der Waals surface area (Å²) in [5.74, 6) is -3.09. The van der Waals surface area contributed by atoms with Gasteiger partial charge >= 0.3 is 0 Å². The maximum Gasteiger partial charge on any atom is 0.292 e. The van der Waals surface area contributed by atoms with Crippen molar-refractivity contribution in [3.63, 3.8) is 0 Å². The van der Waals surface area contributed by atoms with E-state index in [1.165, 1.54) is 74.7 Å². The Hall–Kier alpha value is -2.31. The molecule has 2 rings (SSSR count). The number of carbonyl (C=O) groups is 1. The molecule has 0 fully saturated rings. The molecular formula is C17H17F2NO3. The number of hydrogen-bond donors (Lipinski definition) is 0. The standard InChI is InChI=1S/C17H17F2NO3/c1-20(15-10-8-14(19)9-11-15)16(21)17(22-2,23-3)12-4-6-13(18)7-5-12/h4-11H,1-3H3. The van der Waals surface area contributed by atoms with Gasteiger partial charge in [-0.2, -0.15) is 0 Å². The van der Waals surface area contributed by atoms with Gasteiger partial charge in [-0.05, 0) is 36.4 Å². The van der Waals surface area contributed by atoms with Gasteiger partial charge in [-0.3, -0.25) is 4.79 Å². The molecule has 0 atom stereocenters. The van der Waals surface area contributed by atoms with E-state index < -0.39 is 23.3 Å². The van der Waals surface area contributed by atoms with Gasteiger partial charge in [-0.25, -0.2) is 8.78 Å². The number of hydrogen-bond acceptors (Lipinski definition) is 3. The van der Waals surface area contributed by atoms with Crippen molar-refractivity contribution in [3.8, 4) is 0 Å². The first-order valence-electron chi connectivity index (χ1n) is 6.84. The third-order valence-electron chi connectivity index (χ3n) is 3.60. The van der Waals surface area contributed by atoms with Crippen LogP contribution < -0.4 is 4.90 Å². The molecule has 0 heterocycles. The van der Waals surface area contributed by atoms with Gasteiger partial charge in [0.05, 0.1) is 0 Å². The Balaban J connectivity index is 2.41. The van der Waals surface area contributed by atoms with Gasteiger partial charge in [0.25, 0.3) is 11.7 Å². The molecule has 0 aliphatic rings. The van der Waals surface area contributed by atoms with Crippen molar-refractivity contribution in [2.45, 2.75) is 5.79 Å². The van der Waals surface area contributed by atoms with Gasteiger partial charge in [-0.1, -0.05) is 12.1 Å². The minimum absolute atomic E-state index is 0.350. The number of likely N-dealkylation sites (N-methyl/N-ethyl adjacent to an activating group) is 1. The monoisotopic (exact) mass is 321 g/mol. The highest BCUT2D eigenvalue weighted by Crippen LogP contribution is 2.30. The number of ether oxygens (including phenoxy) is 2. The summed E-state index contributed by atoms with van der Waals surface area (Å²) in [7, 11) is 4.17. The molecule has 122 valence electrons. The van der Waals surface area contributed by atoms with Crippen LogP contribution in [0, 0.1) is 11.6 Å². The van der Waals surface area contributed by atoms with E-state index in [1.54, 1.807) is 0 Å². The Kier molecular flexibility index (Phi) is 5.08. The zero-order chi connectivity index (χ0) is 17.0. The van der Waals surface area contributed by atoms with Crippen LogP contribution in [-0.4, -0.2) is 27.2 Å². The second kappa shape index (κ2) is 6.85. The van der Waals surface area contributed by atoms with E-state index in [-0.39, 0.29) is 0 Å². The van der Waals surface area contributed by atoms with E-state index in [0.717, 1.165) is 0 Å². The fourth-order valence-electron chi connectivity index (χ4n) is 2.29. The quantitative estimate of drug-likeness (QED) is 0.795. The summed E-state index contributed by atoms with van der Waals surface area (Å²) in [6.45, 7) is 0. The van der Waals surface area contributed by atoms with Crippen LogP contribution in [0.3, 0.4) is 0 Å². The summed E-state index contributed by atoms with van der Waals surface area (Å²) in [6.07, 6.45) is 0. The maximum absolute atomic E-state index is 13.1. The zero-order valence-corrected chi connectivity index (χ0v) is 13.0. The van der Waals surface area contributed by atoms with Gasteiger partial charge < -0.3 is 14.4 Å². The van der Waals surface area contributed by atoms with Crippen molar-refractivity contribution in [3.05, 3.63) is 65.7 Å². The third kappa shape index (κ3) is 3.23.